The number of benzene rings is 6. The van der Waals surface area contributed by atoms with Crippen LogP contribution in [0.4, 0.5) is 0 Å². The summed E-state index contributed by atoms with van der Waals surface area (Å²) in [6.07, 6.45) is 4.09. The van der Waals surface area contributed by atoms with E-state index in [1.54, 1.807) is 6.07 Å². The molecule has 0 aliphatic carbocycles. The molecule has 0 radical (unpaired) electrons. The monoisotopic (exact) mass is 747 g/mol. The molecule has 6 rings (SSSR count). The second-order valence-corrected chi connectivity index (χ2v) is 15.6. The van der Waals surface area contributed by atoms with Gasteiger partial charge in [0.15, 0.2) is 0 Å². The first-order valence-electron chi connectivity index (χ1n) is 16.0. The van der Waals surface area contributed by atoms with E-state index in [9.17, 15) is 0 Å². The molecule has 0 aliphatic rings. The van der Waals surface area contributed by atoms with Crippen LogP contribution in [0, 0.1) is 18.0 Å². The molecule has 0 amide bonds. The molecule has 0 aromatic heterocycles. The molecule has 6 aromatic rings. The average molecular weight is 748 g/mol. The Hall–Kier alpha value is -4.73. The molecule has 0 fully saturated rings. The predicted molar refractivity (Wildman–Crippen MR) is 220 cm³/mol. The van der Waals surface area contributed by atoms with Gasteiger partial charge in [0.05, 0.1) is 35.0 Å². The molecule has 0 N–H and O–H groups in total. The van der Waals surface area contributed by atoms with Gasteiger partial charge in [0.2, 0.25) is 0 Å². The molecule has 4 nitrogen and oxygen atoms in total. The van der Waals surface area contributed by atoms with Gasteiger partial charge >= 0.3 is 11.3 Å². The zero-order valence-corrected chi connectivity index (χ0v) is 30.9. The fourth-order valence-electron chi connectivity index (χ4n) is 5.49. The van der Waals surface area contributed by atoms with Crippen LogP contribution in [-0.2, 0) is 21.7 Å². The van der Waals surface area contributed by atoms with Gasteiger partial charge in [-0.15, -0.1) is 0 Å². The molecule has 0 spiro atoms. The summed E-state index contributed by atoms with van der Waals surface area (Å²) in [5, 5.41) is 15.5. The fourth-order valence-corrected chi connectivity index (χ4v) is 10.9. The molecule has 0 unspecified atom stereocenters. The van der Waals surface area contributed by atoms with Crippen molar-refractivity contribution in [3.8, 4) is 6.07 Å². The molecule has 6 aromatic carbocycles. The van der Waals surface area contributed by atoms with Gasteiger partial charge in [0, 0.05) is 47.5 Å². The van der Waals surface area contributed by atoms with E-state index in [-0.39, 0.29) is 24.5 Å². The van der Waals surface area contributed by atoms with E-state index in [0.717, 1.165) is 0 Å². The molecule has 0 atom stereocenters. The van der Waals surface area contributed by atoms with E-state index in [4.69, 9.17) is 19.9 Å². The van der Waals surface area contributed by atoms with Crippen LogP contribution in [0.3, 0.4) is 0 Å². The largest absolute Gasteiger partial charge is 0 e. The molecule has 51 heavy (non-hydrogen) atoms. The maximum atomic E-state index is 7.50. The Morgan fingerprint density at radius 2 is 0.745 bits per heavy atom. The number of hydrogen-bond acceptors (Lipinski definition) is 3. The van der Waals surface area contributed by atoms with E-state index < -0.39 is 15.8 Å². The van der Waals surface area contributed by atoms with Crippen molar-refractivity contribution in [3.63, 3.8) is 0 Å². The topological polar surface area (TPSA) is 68.4 Å². The summed E-state index contributed by atoms with van der Waals surface area (Å²) in [7, 11) is -2.33. The van der Waals surface area contributed by atoms with E-state index in [0.29, 0.717) is 13.1 Å². The second kappa shape index (κ2) is 24.4. The first kappa shape index (κ1) is 42.4. The quantitative estimate of drug-likeness (QED) is 0.0342. The van der Waals surface area contributed by atoms with Gasteiger partial charge in [0.1, 0.15) is 31.8 Å². The molecule has 0 aliphatic heterocycles. The van der Waals surface area contributed by atoms with Crippen molar-refractivity contribution >= 4 is 60.1 Å². The summed E-state index contributed by atoms with van der Waals surface area (Å²) >= 11 is 0. The second-order valence-electron chi connectivity index (χ2n) is 10.7. The van der Waals surface area contributed by atoms with Gasteiger partial charge < -0.3 is 0 Å². The third kappa shape index (κ3) is 12.5. The molecule has 0 heterocycles. The minimum absolute atomic E-state index is 0. The maximum absolute atomic E-state index is 7.50. The first-order valence-corrected chi connectivity index (χ1v) is 19.0. The SMILES string of the molecule is C.C(=NCCN=Cc1ccccc1[PH+](c1ccccc1)c1ccccc1)c1ccccc1[PH+](c1ccccc1)c1ccccc1.CC#N.[C-]#[O+].[Fe]. The van der Waals surface area contributed by atoms with Crippen molar-refractivity contribution < 1.29 is 21.7 Å². The Labute approximate surface area is 316 Å². The van der Waals surface area contributed by atoms with Crippen LogP contribution in [0.5, 0.6) is 0 Å². The zero-order valence-electron chi connectivity index (χ0n) is 27.8. The molecule has 7 heteroatoms. The predicted octanol–water partition coefficient (Wildman–Crippen LogP) is 7.33. The summed E-state index contributed by atoms with van der Waals surface area (Å²) in [5.74, 6) is 0. The van der Waals surface area contributed by atoms with Gasteiger partial charge in [-0.05, 0) is 72.8 Å². The minimum Gasteiger partial charge on any atom is 0 e. The van der Waals surface area contributed by atoms with Crippen molar-refractivity contribution in [1.29, 1.82) is 5.26 Å². The standard InChI is InChI=1S/C40H34N2P2.C2H3N.CO.CH4.Fe/c1-5-19-35(20-6-1)43(36-21-7-2-8-22-36)39-27-15-13-17-33(39)31-41-29-30-42-32-34-18-14-16-28-40(34)44(37-23-9-3-10-24-37)38-25-11-4-12-26-38;1-2-3;1-2;;/h1-28,31-32H,29-30H2;1H3;;1H4;/p+2. The van der Waals surface area contributed by atoms with Gasteiger partial charge in [-0.1, -0.05) is 104 Å². The van der Waals surface area contributed by atoms with Crippen LogP contribution >= 0.6 is 15.8 Å². The van der Waals surface area contributed by atoms with E-state index >= 15 is 0 Å². The number of nitrogens with zero attached hydrogens (tertiary/aromatic N) is 3. The van der Waals surface area contributed by atoms with E-state index in [1.165, 1.54) is 49.9 Å². The third-order valence-electron chi connectivity index (χ3n) is 7.53. The number of rotatable bonds is 11. The molecule has 256 valence electrons. The number of hydrogen-bond donors (Lipinski definition) is 0. The van der Waals surface area contributed by atoms with Crippen LogP contribution in [0.1, 0.15) is 25.5 Å². The molecular formula is C44H43FeN3OP2+2. The molecule has 0 bridgehead atoms. The first-order chi connectivity index (χ1) is 24.3. The Bertz CT molecular complexity index is 1750. The molecular weight excluding hydrogens is 704 g/mol. The van der Waals surface area contributed by atoms with Gasteiger partial charge in [-0.25, -0.2) is 0 Å². The minimum atomic E-state index is -1.17. The normalized spacial score (nSPS) is 10.2. The molecule has 0 saturated heterocycles. The summed E-state index contributed by atoms with van der Waals surface area (Å²) in [6, 6.07) is 62.7. The number of nitriles is 1. The van der Waals surface area contributed by atoms with Crippen LogP contribution in [-0.4, -0.2) is 25.5 Å². The van der Waals surface area contributed by atoms with Crippen molar-refractivity contribution in [3.05, 3.63) is 188 Å². The van der Waals surface area contributed by atoms with Crippen LogP contribution in [0.25, 0.3) is 0 Å². The van der Waals surface area contributed by atoms with Crippen LogP contribution in [0.15, 0.2) is 180 Å². The van der Waals surface area contributed by atoms with Crippen molar-refractivity contribution in [2.75, 3.05) is 13.1 Å². The zero-order chi connectivity index (χ0) is 34.5. The van der Waals surface area contributed by atoms with E-state index in [1.807, 2.05) is 12.4 Å². The van der Waals surface area contributed by atoms with Crippen LogP contribution < -0.4 is 31.8 Å². The summed E-state index contributed by atoms with van der Waals surface area (Å²) in [4.78, 5) is 9.68. The summed E-state index contributed by atoms with van der Waals surface area (Å²) in [6.45, 7) is 7.21. The Kier molecular flexibility index (Phi) is 20.3. The van der Waals surface area contributed by atoms with Crippen molar-refractivity contribution in [2.24, 2.45) is 9.98 Å². The summed E-state index contributed by atoms with van der Waals surface area (Å²) < 4.78 is 7.50. The van der Waals surface area contributed by atoms with E-state index in [2.05, 4.69) is 177 Å². The maximum Gasteiger partial charge on any atom is 0 e. The fraction of sp³-hybridized carbons (Fsp3) is 0.0909. The average Bonchev–Trinajstić information content (AvgIpc) is 3.17. The number of aliphatic imine (C=N–C) groups is 2. The Morgan fingerprint density at radius 3 is 1.02 bits per heavy atom. The smallest absolute Gasteiger partial charge is 0 e. The van der Waals surface area contributed by atoms with Crippen molar-refractivity contribution in [2.45, 2.75) is 14.4 Å². The molecule has 0 saturated carbocycles. The van der Waals surface area contributed by atoms with Crippen molar-refractivity contribution in [1.82, 2.24) is 0 Å². The summed E-state index contributed by atoms with van der Waals surface area (Å²) in [5.41, 5.74) is 2.36. The Balaban J connectivity index is 0.00000122. The van der Waals surface area contributed by atoms with Gasteiger partial charge in [0.25, 0.3) is 0 Å². The van der Waals surface area contributed by atoms with Crippen LogP contribution in [0.2, 0.25) is 0 Å². The van der Waals surface area contributed by atoms with Gasteiger partial charge in [-0.3, -0.25) is 9.98 Å². The third-order valence-corrected chi connectivity index (χ3v) is 13.2. The Morgan fingerprint density at radius 1 is 0.510 bits per heavy atom. The van der Waals surface area contributed by atoms with Gasteiger partial charge in [-0.2, -0.15) is 5.26 Å².